The molecule has 3 rings (SSSR count). The van der Waals surface area contributed by atoms with Gasteiger partial charge in [-0.15, -0.1) is 0 Å². The highest BCUT2D eigenvalue weighted by atomic mass is 16.2. The molecule has 4 heteroatoms. The lowest BCUT2D eigenvalue weighted by Gasteiger charge is -2.40. The van der Waals surface area contributed by atoms with Crippen LogP contribution in [0.2, 0.25) is 0 Å². The molecule has 19 heavy (non-hydrogen) atoms. The Kier molecular flexibility index (Phi) is 3.81. The summed E-state index contributed by atoms with van der Waals surface area (Å²) >= 11 is 0. The summed E-state index contributed by atoms with van der Waals surface area (Å²) in [4.78, 5) is 17.3. The van der Waals surface area contributed by atoms with Crippen molar-refractivity contribution in [1.82, 2.24) is 15.1 Å². The van der Waals surface area contributed by atoms with Crippen molar-refractivity contribution in [3.05, 3.63) is 0 Å². The topological polar surface area (TPSA) is 35.6 Å². The SMILES string of the molecule is CCCC1NC(C)N(C2CCN3CCCC3C2)C1=O. The number of fused-ring (bicyclic) bond motifs is 1. The van der Waals surface area contributed by atoms with Crippen molar-refractivity contribution in [3.63, 3.8) is 0 Å². The lowest BCUT2D eigenvalue weighted by Crippen LogP contribution is -2.51. The van der Waals surface area contributed by atoms with Crippen molar-refractivity contribution < 1.29 is 4.79 Å². The van der Waals surface area contributed by atoms with Crippen LogP contribution in [0, 0.1) is 0 Å². The number of amides is 1. The molecule has 4 atom stereocenters. The van der Waals surface area contributed by atoms with E-state index in [1.54, 1.807) is 0 Å². The minimum Gasteiger partial charge on any atom is -0.323 e. The second-order valence-corrected chi connectivity index (χ2v) is 6.44. The average molecular weight is 265 g/mol. The van der Waals surface area contributed by atoms with Crippen LogP contribution in [0.3, 0.4) is 0 Å². The molecule has 0 radical (unpaired) electrons. The lowest BCUT2D eigenvalue weighted by molar-refractivity contribution is -0.133. The van der Waals surface area contributed by atoms with Crippen LogP contribution >= 0.6 is 0 Å². The molecule has 0 aromatic rings. The molecular formula is C15H27N3O. The second-order valence-electron chi connectivity index (χ2n) is 6.44. The van der Waals surface area contributed by atoms with Crippen molar-refractivity contribution in [3.8, 4) is 0 Å². The molecule has 3 heterocycles. The Balaban J connectivity index is 1.66. The van der Waals surface area contributed by atoms with Gasteiger partial charge in [-0.2, -0.15) is 0 Å². The number of carbonyl (C=O) groups excluding carboxylic acids is 1. The van der Waals surface area contributed by atoms with Gasteiger partial charge in [0.05, 0.1) is 12.2 Å². The molecule has 108 valence electrons. The van der Waals surface area contributed by atoms with E-state index in [0.717, 1.165) is 25.3 Å². The monoisotopic (exact) mass is 265 g/mol. The molecule has 3 saturated heterocycles. The number of rotatable bonds is 3. The Morgan fingerprint density at radius 2 is 2.11 bits per heavy atom. The number of hydrogen-bond donors (Lipinski definition) is 1. The highest BCUT2D eigenvalue weighted by Crippen LogP contribution is 2.31. The summed E-state index contributed by atoms with van der Waals surface area (Å²) in [6.45, 7) is 6.76. The van der Waals surface area contributed by atoms with Gasteiger partial charge in [0.1, 0.15) is 0 Å². The van der Waals surface area contributed by atoms with Crippen molar-refractivity contribution in [2.45, 2.75) is 76.7 Å². The molecule has 0 saturated carbocycles. The Labute approximate surface area is 116 Å². The fourth-order valence-corrected chi connectivity index (χ4v) is 4.26. The summed E-state index contributed by atoms with van der Waals surface area (Å²) in [7, 11) is 0. The van der Waals surface area contributed by atoms with E-state index in [1.807, 2.05) is 0 Å². The standard InChI is InChI=1S/C15H27N3O/c1-3-5-14-15(19)18(11(2)16-14)13-7-9-17-8-4-6-12(17)10-13/h11-14,16H,3-10H2,1-2H3. The van der Waals surface area contributed by atoms with E-state index in [0.29, 0.717) is 11.9 Å². The van der Waals surface area contributed by atoms with Gasteiger partial charge in [-0.25, -0.2) is 0 Å². The zero-order valence-electron chi connectivity index (χ0n) is 12.3. The predicted octanol–water partition coefficient (Wildman–Crippen LogP) is 1.56. The average Bonchev–Trinajstić information content (AvgIpc) is 2.95. The van der Waals surface area contributed by atoms with Crippen LogP contribution in [-0.2, 0) is 4.79 Å². The van der Waals surface area contributed by atoms with Crippen LogP contribution in [0.5, 0.6) is 0 Å². The van der Waals surface area contributed by atoms with Crippen molar-refractivity contribution >= 4 is 5.91 Å². The molecular weight excluding hydrogens is 238 g/mol. The summed E-state index contributed by atoms with van der Waals surface area (Å²) in [5.74, 6) is 0.353. The molecule has 1 amide bonds. The quantitative estimate of drug-likeness (QED) is 0.841. The van der Waals surface area contributed by atoms with Crippen molar-refractivity contribution in [2.24, 2.45) is 0 Å². The van der Waals surface area contributed by atoms with Gasteiger partial charge < -0.3 is 9.80 Å². The van der Waals surface area contributed by atoms with Crippen LogP contribution in [0.1, 0.15) is 52.4 Å². The van der Waals surface area contributed by atoms with Gasteiger partial charge in [0, 0.05) is 18.6 Å². The van der Waals surface area contributed by atoms with E-state index in [1.165, 1.54) is 32.4 Å². The summed E-state index contributed by atoms with van der Waals surface area (Å²) < 4.78 is 0. The number of carbonyl (C=O) groups is 1. The van der Waals surface area contributed by atoms with Gasteiger partial charge in [-0.05, 0) is 45.6 Å². The molecule has 4 nitrogen and oxygen atoms in total. The highest BCUT2D eigenvalue weighted by Gasteiger charge is 2.43. The van der Waals surface area contributed by atoms with Crippen molar-refractivity contribution in [1.29, 1.82) is 0 Å². The molecule has 3 aliphatic rings. The Bertz CT molecular complexity index is 346. The minimum absolute atomic E-state index is 0.0709. The number of hydrogen-bond acceptors (Lipinski definition) is 3. The Morgan fingerprint density at radius 3 is 2.89 bits per heavy atom. The lowest BCUT2D eigenvalue weighted by atomic mass is 9.95. The third-order valence-electron chi connectivity index (χ3n) is 5.18. The van der Waals surface area contributed by atoms with E-state index < -0.39 is 0 Å². The minimum atomic E-state index is 0.0709. The van der Waals surface area contributed by atoms with E-state index in [9.17, 15) is 4.79 Å². The molecule has 0 aromatic heterocycles. The van der Waals surface area contributed by atoms with Crippen LogP contribution in [0.15, 0.2) is 0 Å². The molecule has 0 bridgehead atoms. The van der Waals surface area contributed by atoms with E-state index in [2.05, 4.69) is 29.0 Å². The first-order chi connectivity index (χ1) is 9.20. The Morgan fingerprint density at radius 1 is 1.26 bits per heavy atom. The summed E-state index contributed by atoms with van der Waals surface area (Å²) in [5.41, 5.74) is 0. The number of nitrogens with one attached hydrogen (secondary N) is 1. The zero-order valence-corrected chi connectivity index (χ0v) is 12.3. The van der Waals surface area contributed by atoms with Gasteiger partial charge >= 0.3 is 0 Å². The maximum atomic E-state index is 12.5. The fraction of sp³-hybridized carbons (Fsp3) is 0.933. The van der Waals surface area contributed by atoms with Gasteiger partial charge in [0.25, 0.3) is 0 Å². The van der Waals surface area contributed by atoms with Crippen molar-refractivity contribution in [2.75, 3.05) is 13.1 Å². The van der Waals surface area contributed by atoms with Gasteiger partial charge in [-0.1, -0.05) is 13.3 Å². The van der Waals surface area contributed by atoms with Crippen LogP contribution in [0.4, 0.5) is 0 Å². The molecule has 0 aliphatic carbocycles. The number of piperidine rings is 1. The summed E-state index contributed by atoms with van der Waals surface area (Å²) in [6.07, 6.45) is 7.30. The predicted molar refractivity (Wildman–Crippen MR) is 75.8 cm³/mol. The normalized spacial score (nSPS) is 39.9. The molecule has 3 aliphatic heterocycles. The molecule has 0 spiro atoms. The molecule has 0 aromatic carbocycles. The van der Waals surface area contributed by atoms with E-state index in [4.69, 9.17) is 0 Å². The first-order valence-electron chi connectivity index (χ1n) is 8.03. The molecule has 3 fully saturated rings. The van der Waals surface area contributed by atoms with Gasteiger partial charge in [0.2, 0.25) is 5.91 Å². The highest BCUT2D eigenvalue weighted by molar-refractivity contribution is 5.84. The third kappa shape index (κ3) is 2.40. The largest absolute Gasteiger partial charge is 0.323 e. The Hall–Kier alpha value is -0.610. The summed E-state index contributed by atoms with van der Waals surface area (Å²) in [5, 5.41) is 3.47. The molecule has 4 unspecified atom stereocenters. The molecule has 1 N–H and O–H groups in total. The second kappa shape index (κ2) is 5.41. The van der Waals surface area contributed by atoms with Crippen LogP contribution in [0.25, 0.3) is 0 Å². The van der Waals surface area contributed by atoms with Crippen LogP contribution < -0.4 is 5.32 Å². The van der Waals surface area contributed by atoms with Gasteiger partial charge in [0.15, 0.2) is 0 Å². The smallest absolute Gasteiger partial charge is 0.241 e. The third-order valence-corrected chi connectivity index (χ3v) is 5.18. The van der Waals surface area contributed by atoms with E-state index in [-0.39, 0.29) is 12.2 Å². The van der Waals surface area contributed by atoms with E-state index >= 15 is 0 Å². The maximum Gasteiger partial charge on any atom is 0.241 e. The number of nitrogens with zero attached hydrogens (tertiary/aromatic N) is 2. The fourth-order valence-electron chi connectivity index (χ4n) is 4.26. The summed E-state index contributed by atoms with van der Waals surface area (Å²) in [6, 6.07) is 1.28. The zero-order chi connectivity index (χ0) is 13.4. The first-order valence-corrected chi connectivity index (χ1v) is 8.03. The first kappa shape index (κ1) is 13.4. The van der Waals surface area contributed by atoms with Gasteiger partial charge in [-0.3, -0.25) is 10.1 Å². The maximum absolute atomic E-state index is 12.5. The van der Waals surface area contributed by atoms with Crippen LogP contribution in [-0.4, -0.2) is 53.1 Å².